The summed E-state index contributed by atoms with van der Waals surface area (Å²) in [6.45, 7) is 1.84. The number of anilines is 1. The maximum Gasteiger partial charge on any atom is 0.170 e. The van der Waals surface area contributed by atoms with Crippen LogP contribution in [0.5, 0.6) is 11.5 Å². The van der Waals surface area contributed by atoms with Crippen molar-refractivity contribution < 1.29 is 9.84 Å². The van der Waals surface area contributed by atoms with Crippen LogP contribution in [0.25, 0.3) is 11.3 Å². The molecule has 0 bridgehead atoms. The third kappa shape index (κ3) is 1.86. The summed E-state index contributed by atoms with van der Waals surface area (Å²) in [5.41, 5.74) is 7.80. The number of aromatic hydroxyl groups is 1. The minimum absolute atomic E-state index is 0.0210. The van der Waals surface area contributed by atoms with Gasteiger partial charge in [0.15, 0.2) is 11.5 Å². The van der Waals surface area contributed by atoms with E-state index < -0.39 is 0 Å². The zero-order chi connectivity index (χ0) is 13.4. The molecule has 6 heteroatoms. The van der Waals surface area contributed by atoms with Crippen molar-refractivity contribution in [1.82, 2.24) is 9.78 Å². The van der Waals surface area contributed by atoms with Crippen LogP contribution in [0.2, 0.25) is 5.02 Å². The summed E-state index contributed by atoms with van der Waals surface area (Å²) in [7, 11) is 3.23. The standard InChI is InChI=1S/C12H14ClN3O2/c1-6-7(13)4-9(17)12(18-3)11(6)8-5-10(14)16(2)15-8/h4-5,17H,14H2,1-3H3. The fraction of sp³-hybridized carbons (Fsp3) is 0.250. The van der Waals surface area contributed by atoms with Gasteiger partial charge in [-0.05, 0) is 12.5 Å². The minimum Gasteiger partial charge on any atom is -0.504 e. The highest BCUT2D eigenvalue weighted by Gasteiger charge is 2.19. The van der Waals surface area contributed by atoms with Gasteiger partial charge in [0.2, 0.25) is 0 Å². The lowest BCUT2D eigenvalue weighted by Gasteiger charge is -2.12. The number of nitrogen functional groups attached to an aromatic ring is 1. The van der Waals surface area contributed by atoms with Crippen molar-refractivity contribution >= 4 is 17.4 Å². The summed E-state index contributed by atoms with van der Waals surface area (Å²) in [5.74, 6) is 0.841. The largest absolute Gasteiger partial charge is 0.504 e. The van der Waals surface area contributed by atoms with Gasteiger partial charge in [-0.25, -0.2) is 0 Å². The summed E-state index contributed by atoms with van der Waals surface area (Å²) >= 11 is 6.06. The van der Waals surface area contributed by atoms with Crippen LogP contribution in [-0.4, -0.2) is 22.0 Å². The molecule has 3 N–H and O–H groups in total. The Morgan fingerprint density at radius 1 is 1.44 bits per heavy atom. The number of halogens is 1. The number of methoxy groups -OCH3 is 1. The number of aryl methyl sites for hydroxylation is 1. The van der Waals surface area contributed by atoms with Crippen molar-refractivity contribution in [3.8, 4) is 22.8 Å². The molecular formula is C12H14ClN3O2. The number of benzene rings is 1. The van der Waals surface area contributed by atoms with E-state index in [1.807, 2.05) is 6.92 Å². The Morgan fingerprint density at radius 3 is 2.61 bits per heavy atom. The van der Waals surface area contributed by atoms with Crippen molar-refractivity contribution in [3.63, 3.8) is 0 Å². The molecule has 0 aliphatic rings. The number of aromatic nitrogens is 2. The molecule has 0 aliphatic heterocycles. The Bertz CT molecular complexity index is 588. The van der Waals surface area contributed by atoms with Gasteiger partial charge in [0.1, 0.15) is 5.82 Å². The number of nitrogens with two attached hydrogens (primary N) is 1. The molecule has 0 radical (unpaired) electrons. The van der Waals surface area contributed by atoms with E-state index in [0.29, 0.717) is 27.8 Å². The van der Waals surface area contributed by atoms with Crippen LogP contribution in [-0.2, 0) is 7.05 Å². The fourth-order valence-electron chi connectivity index (χ4n) is 1.83. The van der Waals surface area contributed by atoms with E-state index in [1.165, 1.54) is 13.2 Å². The summed E-state index contributed by atoms with van der Waals surface area (Å²) < 4.78 is 6.76. The third-order valence-electron chi connectivity index (χ3n) is 2.83. The quantitative estimate of drug-likeness (QED) is 0.876. The molecule has 0 amide bonds. The number of nitrogens with zero attached hydrogens (tertiary/aromatic N) is 2. The molecule has 0 spiro atoms. The van der Waals surface area contributed by atoms with Gasteiger partial charge in [0.25, 0.3) is 0 Å². The van der Waals surface area contributed by atoms with Crippen LogP contribution in [0.3, 0.4) is 0 Å². The van der Waals surface area contributed by atoms with Gasteiger partial charge in [-0.15, -0.1) is 0 Å². The van der Waals surface area contributed by atoms with E-state index in [1.54, 1.807) is 17.8 Å². The number of phenolic OH excluding ortho intramolecular Hbond substituents is 1. The van der Waals surface area contributed by atoms with Crippen LogP contribution in [0.4, 0.5) is 5.82 Å². The molecule has 0 unspecified atom stereocenters. The number of hydrogen-bond donors (Lipinski definition) is 2. The monoisotopic (exact) mass is 267 g/mol. The predicted octanol–water partition coefficient (Wildman–Crippen LogP) is 2.35. The van der Waals surface area contributed by atoms with E-state index >= 15 is 0 Å². The highest BCUT2D eigenvalue weighted by Crippen LogP contribution is 2.42. The van der Waals surface area contributed by atoms with Crippen molar-refractivity contribution in [2.24, 2.45) is 7.05 Å². The molecular weight excluding hydrogens is 254 g/mol. The molecule has 0 aliphatic carbocycles. The number of rotatable bonds is 2. The molecule has 2 rings (SSSR count). The zero-order valence-corrected chi connectivity index (χ0v) is 11.1. The first-order valence-electron chi connectivity index (χ1n) is 5.31. The average molecular weight is 268 g/mol. The highest BCUT2D eigenvalue weighted by atomic mass is 35.5. The van der Waals surface area contributed by atoms with Crippen LogP contribution in [0.1, 0.15) is 5.56 Å². The summed E-state index contributed by atoms with van der Waals surface area (Å²) in [4.78, 5) is 0. The number of phenols is 1. The molecule has 0 saturated heterocycles. The maximum atomic E-state index is 9.86. The van der Waals surface area contributed by atoms with E-state index in [9.17, 15) is 5.11 Å². The van der Waals surface area contributed by atoms with Crippen LogP contribution < -0.4 is 10.5 Å². The SMILES string of the molecule is COc1c(O)cc(Cl)c(C)c1-c1cc(N)n(C)n1. The van der Waals surface area contributed by atoms with Gasteiger partial charge in [0, 0.05) is 24.2 Å². The highest BCUT2D eigenvalue weighted by molar-refractivity contribution is 6.32. The summed E-state index contributed by atoms with van der Waals surface area (Å²) in [6, 6.07) is 3.16. The van der Waals surface area contributed by atoms with Crippen LogP contribution in [0, 0.1) is 6.92 Å². The van der Waals surface area contributed by atoms with Crippen molar-refractivity contribution in [3.05, 3.63) is 22.7 Å². The Hall–Kier alpha value is -1.88. The summed E-state index contributed by atoms with van der Waals surface area (Å²) in [6.07, 6.45) is 0. The second-order valence-corrected chi connectivity index (χ2v) is 4.40. The minimum atomic E-state index is -0.0210. The lowest BCUT2D eigenvalue weighted by atomic mass is 10.0. The molecule has 0 saturated carbocycles. The first-order valence-corrected chi connectivity index (χ1v) is 5.69. The maximum absolute atomic E-state index is 9.86. The molecule has 96 valence electrons. The molecule has 0 fully saturated rings. The Labute approximate surface area is 110 Å². The Balaban J connectivity index is 2.76. The van der Waals surface area contributed by atoms with Crippen molar-refractivity contribution in [2.45, 2.75) is 6.92 Å². The van der Waals surface area contributed by atoms with Gasteiger partial charge in [-0.1, -0.05) is 11.6 Å². The average Bonchev–Trinajstić information content (AvgIpc) is 2.63. The molecule has 0 atom stereocenters. The smallest absolute Gasteiger partial charge is 0.170 e. The molecule has 18 heavy (non-hydrogen) atoms. The first kappa shape index (κ1) is 12.6. The van der Waals surface area contributed by atoms with Crippen molar-refractivity contribution in [2.75, 3.05) is 12.8 Å². The van der Waals surface area contributed by atoms with Gasteiger partial charge >= 0.3 is 0 Å². The van der Waals surface area contributed by atoms with E-state index in [0.717, 1.165) is 5.56 Å². The molecule has 1 heterocycles. The fourth-order valence-corrected chi connectivity index (χ4v) is 2.03. The predicted molar refractivity (Wildman–Crippen MR) is 71.0 cm³/mol. The normalized spacial score (nSPS) is 10.7. The topological polar surface area (TPSA) is 73.3 Å². The lowest BCUT2D eigenvalue weighted by molar-refractivity contribution is 0.374. The van der Waals surface area contributed by atoms with Gasteiger partial charge < -0.3 is 15.6 Å². The zero-order valence-electron chi connectivity index (χ0n) is 10.4. The number of ether oxygens (including phenoxy) is 1. The molecule has 2 aromatic rings. The Kier molecular flexibility index (Phi) is 3.09. The lowest BCUT2D eigenvalue weighted by Crippen LogP contribution is -1.97. The van der Waals surface area contributed by atoms with Crippen LogP contribution >= 0.6 is 11.6 Å². The summed E-state index contributed by atoms with van der Waals surface area (Å²) in [5, 5.41) is 14.6. The second kappa shape index (κ2) is 4.42. The molecule has 1 aromatic heterocycles. The van der Waals surface area contributed by atoms with Gasteiger partial charge in [0.05, 0.1) is 18.4 Å². The number of hydrogen-bond acceptors (Lipinski definition) is 4. The second-order valence-electron chi connectivity index (χ2n) is 3.99. The first-order chi connectivity index (χ1) is 8.45. The van der Waals surface area contributed by atoms with Gasteiger partial charge in [-0.2, -0.15) is 5.10 Å². The van der Waals surface area contributed by atoms with E-state index in [4.69, 9.17) is 22.1 Å². The van der Waals surface area contributed by atoms with E-state index in [2.05, 4.69) is 5.10 Å². The Morgan fingerprint density at radius 2 is 2.11 bits per heavy atom. The van der Waals surface area contributed by atoms with Crippen LogP contribution in [0.15, 0.2) is 12.1 Å². The molecule has 1 aromatic carbocycles. The third-order valence-corrected chi connectivity index (χ3v) is 3.23. The van der Waals surface area contributed by atoms with Crippen molar-refractivity contribution in [1.29, 1.82) is 0 Å². The van der Waals surface area contributed by atoms with E-state index in [-0.39, 0.29) is 5.75 Å². The van der Waals surface area contributed by atoms with Gasteiger partial charge in [-0.3, -0.25) is 4.68 Å². The molecule has 5 nitrogen and oxygen atoms in total.